The van der Waals surface area contributed by atoms with Crippen molar-refractivity contribution >= 4 is 44.3 Å². The van der Waals surface area contributed by atoms with E-state index >= 15 is 0 Å². The van der Waals surface area contributed by atoms with E-state index in [-0.39, 0.29) is 16.8 Å². The van der Waals surface area contributed by atoms with Crippen LogP contribution in [-0.4, -0.2) is 25.8 Å². The number of carbonyl (C=O) groups excluding carboxylic acids is 1. The number of hydrogen-bond acceptors (Lipinski definition) is 6. The van der Waals surface area contributed by atoms with Crippen LogP contribution in [0.2, 0.25) is 0 Å². The van der Waals surface area contributed by atoms with Crippen molar-refractivity contribution in [2.24, 2.45) is 0 Å². The van der Waals surface area contributed by atoms with Crippen molar-refractivity contribution in [3.63, 3.8) is 0 Å². The van der Waals surface area contributed by atoms with Gasteiger partial charge in [0.05, 0.1) is 10.6 Å². The highest BCUT2D eigenvalue weighted by Crippen LogP contribution is 2.35. The highest BCUT2D eigenvalue weighted by atomic mass is 32.2. The highest BCUT2D eigenvalue weighted by molar-refractivity contribution is 7.94. The smallest absolute Gasteiger partial charge is 0.273 e. The Kier molecular flexibility index (Phi) is 5.50. The zero-order chi connectivity index (χ0) is 22.2. The molecule has 10 heteroatoms. The molecule has 1 amide bonds. The third kappa shape index (κ3) is 3.91. The summed E-state index contributed by atoms with van der Waals surface area (Å²) >= 11 is 1.18. The lowest BCUT2D eigenvalue weighted by atomic mass is 10.0. The molecule has 1 N–H and O–H groups in total. The van der Waals surface area contributed by atoms with Gasteiger partial charge in [-0.1, -0.05) is 12.1 Å². The molecule has 8 nitrogen and oxygen atoms in total. The van der Waals surface area contributed by atoms with Crippen LogP contribution in [0.15, 0.2) is 58.1 Å². The van der Waals surface area contributed by atoms with E-state index in [4.69, 9.17) is 0 Å². The first-order valence-electron chi connectivity index (χ1n) is 9.53. The lowest BCUT2D eigenvalue weighted by Crippen LogP contribution is -2.35. The number of amides is 1. The predicted octanol–water partition coefficient (Wildman–Crippen LogP) is 4.36. The van der Waals surface area contributed by atoms with Gasteiger partial charge in [-0.2, -0.15) is 0 Å². The quantitative estimate of drug-likeness (QED) is 0.452. The second kappa shape index (κ2) is 8.12. The summed E-state index contributed by atoms with van der Waals surface area (Å²) in [5, 5.41) is 15.6. The number of fused-ring (bicyclic) bond motifs is 1. The van der Waals surface area contributed by atoms with Crippen LogP contribution in [0, 0.1) is 17.0 Å². The van der Waals surface area contributed by atoms with E-state index in [0.29, 0.717) is 35.0 Å². The minimum Gasteiger partial charge on any atom is -0.322 e. The van der Waals surface area contributed by atoms with Crippen molar-refractivity contribution in [2.75, 3.05) is 16.2 Å². The molecule has 3 aromatic rings. The van der Waals surface area contributed by atoms with Gasteiger partial charge in [-0.05, 0) is 61.0 Å². The summed E-state index contributed by atoms with van der Waals surface area (Å²) in [7, 11) is -3.63. The fourth-order valence-corrected chi connectivity index (χ4v) is 6.32. The summed E-state index contributed by atoms with van der Waals surface area (Å²) in [6.45, 7) is 1.93. The van der Waals surface area contributed by atoms with Gasteiger partial charge < -0.3 is 5.32 Å². The molecule has 31 heavy (non-hydrogen) atoms. The first kappa shape index (κ1) is 21.0. The van der Waals surface area contributed by atoms with Gasteiger partial charge in [0.15, 0.2) is 0 Å². The molecule has 2 aromatic carbocycles. The maximum atomic E-state index is 13.0. The molecule has 0 spiro atoms. The van der Waals surface area contributed by atoms with Crippen LogP contribution in [0.25, 0.3) is 0 Å². The lowest BCUT2D eigenvalue weighted by molar-refractivity contribution is -0.385. The van der Waals surface area contributed by atoms with Crippen LogP contribution in [0.5, 0.6) is 0 Å². The summed E-state index contributed by atoms with van der Waals surface area (Å²) in [5.41, 5.74) is 2.31. The second-order valence-electron chi connectivity index (χ2n) is 7.12. The van der Waals surface area contributed by atoms with E-state index < -0.39 is 20.9 Å². The van der Waals surface area contributed by atoms with Crippen LogP contribution in [-0.2, 0) is 16.4 Å². The number of aryl methyl sites for hydroxylation is 1. The van der Waals surface area contributed by atoms with E-state index in [1.165, 1.54) is 40.8 Å². The molecule has 0 bridgehead atoms. The number of hydrogen-bond donors (Lipinski definition) is 1. The summed E-state index contributed by atoms with van der Waals surface area (Å²) in [6, 6.07) is 12.7. The molecule has 0 saturated carbocycles. The molecule has 0 unspecified atom stereocenters. The Bertz CT molecular complexity index is 1270. The van der Waals surface area contributed by atoms with Gasteiger partial charge in [-0.25, -0.2) is 8.42 Å². The Hall–Kier alpha value is -3.24. The summed E-state index contributed by atoms with van der Waals surface area (Å²) in [5.74, 6) is -0.458. The van der Waals surface area contributed by atoms with Crippen molar-refractivity contribution in [3.05, 3.63) is 80.7 Å². The highest BCUT2D eigenvalue weighted by Gasteiger charge is 2.30. The zero-order valence-corrected chi connectivity index (χ0v) is 18.2. The van der Waals surface area contributed by atoms with Gasteiger partial charge in [0, 0.05) is 29.4 Å². The number of nitro groups is 1. The number of nitrogens with zero attached hydrogens (tertiary/aromatic N) is 2. The molecule has 4 rings (SSSR count). The largest absolute Gasteiger partial charge is 0.322 e. The molecule has 0 atom stereocenters. The lowest BCUT2D eigenvalue weighted by Gasteiger charge is -2.30. The maximum Gasteiger partial charge on any atom is 0.273 e. The first-order valence-corrected chi connectivity index (χ1v) is 11.9. The summed E-state index contributed by atoms with van der Waals surface area (Å²) in [4.78, 5) is 23.3. The molecular formula is C21H19N3O5S2. The molecular weight excluding hydrogens is 438 g/mol. The molecule has 0 aliphatic carbocycles. The van der Waals surface area contributed by atoms with E-state index in [0.717, 1.165) is 5.56 Å². The molecule has 0 fully saturated rings. The summed E-state index contributed by atoms with van der Waals surface area (Å²) in [6.07, 6.45) is 1.35. The Labute approximate surface area is 183 Å². The Morgan fingerprint density at radius 3 is 2.71 bits per heavy atom. The number of anilines is 2. The molecule has 0 radical (unpaired) electrons. The van der Waals surface area contributed by atoms with Crippen LogP contribution in [0.4, 0.5) is 17.1 Å². The van der Waals surface area contributed by atoms with E-state index in [1.54, 1.807) is 35.7 Å². The normalized spacial score (nSPS) is 13.5. The topological polar surface area (TPSA) is 110 Å². The van der Waals surface area contributed by atoms with E-state index in [1.807, 2.05) is 0 Å². The molecule has 2 heterocycles. The SMILES string of the molecule is Cc1c(C(=O)Nc2ccc3c(c2)CCCN3S(=O)(=O)c2cccs2)cccc1[N+](=O)[O-]. The Morgan fingerprint density at radius 2 is 2.00 bits per heavy atom. The molecule has 160 valence electrons. The second-order valence-corrected chi connectivity index (χ2v) is 10.2. The molecule has 0 saturated heterocycles. The van der Waals surface area contributed by atoms with Crippen LogP contribution in [0.1, 0.15) is 27.9 Å². The van der Waals surface area contributed by atoms with Crippen molar-refractivity contribution in [3.8, 4) is 0 Å². The Morgan fingerprint density at radius 1 is 1.19 bits per heavy atom. The van der Waals surface area contributed by atoms with Gasteiger partial charge in [0.1, 0.15) is 4.21 Å². The van der Waals surface area contributed by atoms with Crippen molar-refractivity contribution in [1.29, 1.82) is 0 Å². The third-order valence-corrected chi connectivity index (χ3v) is 8.39. The third-order valence-electron chi connectivity index (χ3n) is 5.20. The van der Waals surface area contributed by atoms with Gasteiger partial charge >= 0.3 is 0 Å². The van der Waals surface area contributed by atoms with E-state index in [2.05, 4.69) is 5.32 Å². The van der Waals surface area contributed by atoms with Crippen LogP contribution >= 0.6 is 11.3 Å². The van der Waals surface area contributed by atoms with Gasteiger partial charge in [-0.15, -0.1) is 11.3 Å². The summed E-state index contributed by atoms with van der Waals surface area (Å²) < 4.78 is 27.7. The standard InChI is InChI=1S/C21H19N3O5S2/c1-14-17(6-2-7-18(14)24(26)27)21(25)22-16-9-10-19-15(13-16)5-3-11-23(19)31(28,29)20-8-4-12-30-20/h2,4,6-10,12-13H,3,5,11H2,1H3,(H,22,25). The fraction of sp³-hybridized carbons (Fsp3) is 0.190. The number of thiophene rings is 1. The number of carbonyl (C=O) groups is 1. The fourth-order valence-electron chi connectivity index (χ4n) is 3.67. The van der Waals surface area contributed by atoms with Gasteiger partial charge in [0.2, 0.25) is 0 Å². The number of rotatable bonds is 5. The van der Waals surface area contributed by atoms with Crippen molar-refractivity contribution < 1.29 is 18.1 Å². The number of nitro benzene ring substituents is 1. The minimum absolute atomic E-state index is 0.118. The van der Waals surface area contributed by atoms with E-state index in [9.17, 15) is 23.3 Å². The Balaban J connectivity index is 1.62. The average molecular weight is 458 g/mol. The number of benzene rings is 2. The predicted molar refractivity (Wildman–Crippen MR) is 119 cm³/mol. The van der Waals surface area contributed by atoms with Crippen LogP contribution in [0.3, 0.4) is 0 Å². The average Bonchev–Trinajstić information content (AvgIpc) is 3.29. The number of nitrogens with one attached hydrogen (secondary N) is 1. The van der Waals surface area contributed by atoms with Gasteiger partial charge in [-0.3, -0.25) is 19.2 Å². The van der Waals surface area contributed by atoms with Gasteiger partial charge in [0.25, 0.3) is 21.6 Å². The van der Waals surface area contributed by atoms with Crippen molar-refractivity contribution in [1.82, 2.24) is 0 Å². The van der Waals surface area contributed by atoms with Crippen LogP contribution < -0.4 is 9.62 Å². The monoisotopic (exact) mass is 457 g/mol. The maximum absolute atomic E-state index is 13.0. The first-order chi connectivity index (χ1) is 14.8. The minimum atomic E-state index is -3.63. The number of sulfonamides is 1. The molecule has 1 aliphatic heterocycles. The van der Waals surface area contributed by atoms with Crippen molar-refractivity contribution in [2.45, 2.75) is 24.0 Å². The zero-order valence-electron chi connectivity index (χ0n) is 16.6. The molecule has 1 aliphatic rings. The molecule has 1 aromatic heterocycles.